The summed E-state index contributed by atoms with van der Waals surface area (Å²) < 4.78 is 0. The quantitative estimate of drug-likeness (QED) is 0.172. The van der Waals surface area contributed by atoms with Crippen LogP contribution in [0.4, 0.5) is 0 Å². The molecule has 0 fully saturated rings. The largest absolute Gasteiger partial charge is 0.480 e. The van der Waals surface area contributed by atoms with Crippen molar-refractivity contribution in [2.45, 2.75) is 37.6 Å². The Bertz CT molecular complexity index is 683. The van der Waals surface area contributed by atoms with Gasteiger partial charge in [-0.1, -0.05) is 0 Å². The van der Waals surface area contributed by atoms with Crippen LogP contribution in [0.2, 0.25) is 0 Å². The molecule has 13 heteroatoms. The van der Waals surface area contributed by atoms with Gasteiger partial charge in [0, 0.05) is 24.1 Å². The molecule has 156 valence electrons. The van der Waals surface area contributed by atoms with Crippen LogP contribution in [0.5, 0.6) is 0 Å². The maximum atomic E-state index is 12.6. The van der Waals surface area contributed by atoms with Crippen LogP contribution in [0.15, 0.2) is 12.5 Å². The van der Waals surface area contributed by atoms with E-state index in [0.717, 1.165) is 0 Å². The minimum absolute atomic E-state index is 0.0140. The molecule has 8 N–H and O–H groups in total. The third-order valence-electron chi connectivity index (χ3n) is 3.62. The summed E-state index contributed by atoms with van der Waals surface area (Å²) in [6, 6.07) is -3.51. The van der Waals surface area contributed by atoms with Crippen molar-refractivity contribution in [3.63, 3.8) is 0 Å². The standard InChI is InChI=1S/C15H24N6O6S/c1-7(22)12(15(27)18-4-11(23)24)21-14(26)10(2-8-3-17-6-19-8)20-13(25)9(16)5-28/h3,6-7,9-10,12,22,28H,2,4-5,16H2,1H3,(H,17,19)(H,18,27)(H,20,25)(H,21,26)(H,23,24). The number of aromatic amines is 1. The number of hydrogen-bond donors (Lipinski definition) is 8. The molecule has 0 aromatic carbocycles. The van der Waals surface area contributed by atoms with Gasteiger partial charge in [-0.25, -0.2) is 4.98 Å². The molecular weight excluding hydrogens is 392 g/mol. The molecule has 0 spiro atoms. The van der Waals surface area contributed by atoms with Gasteiger partial charge in [-0.3, -0.25) is 19.2 Å². The Hall–Kier alpha value is -2.64. The van der Waals surface area contributed by atoms with E-state index < -0.39 is 54.5 Å². The Morgan fingerprint density at radius 2 is 1.93 bits per heavy atom. The molecule has 4 unspecified atom stereocenters. The van der Waals surface area contributed by atoms with Crippen LogP contribution < -0.4 is 21.7 Å². The molecule has 1 aromatic heterocycles. The summed E-state index contributed by atoms with van der Waals surface area (Å²) in [5.74, 6) is -3.51. The first-order chi connectivity index (χ1) is 13.1. The molecule has 28 heavy (non-hydrogen) atoms. The second-order valence-corrected chi connectivity index (χ2v) is 6.33. The number of rotatable bonds is 11. The maximum Gasteiger partial charge on any atom is 0.322 e. The van der Waals surface area contributed by atoms with E-state index in [1.54, 1.807) is 0 Å². The van der Waals surface area contributed by atoms with E-state index in [2.05, 4.69) is 38.5 Å². The van der Waals surface area contributed by atoms with Crippen LogP contribution in [0.1, 0.15) is 12.6 Å². The Morgan fingerprint density at radius 3 is 2.43 bits per heavy atom. The number of nitrogens with two attached hydrogens (primary N) is 1. The normalized spacial score (nSPS) is 15.0. The van der Waals surface area contributed by atoms with E-state index in [1.165, 1.54) is 19.4 Å². The van der Waals surface area contributed by atoms with Gasteiger partial charge in [0.15, 0.2) is 0 Å². The van der Waals surface area contributed by atoms with E-state index >= 15 is 0 Å². The second-order valence-electron chi connectivity index (χ2n) is 5.97. The summed E-state index contributed by atoms with van der Waals surface area (Å²) in [6.07, 6.45) is 1.54. The van der Waals surface area contributed by atoms with E-state index in [-0.39, 0.29) is 12.2 Å². The Labute approximate surface area is 166 Å². The van der Waals surface area contributed by atoms with Crippen LogP contribution in [0.3, 0.4) is 0 Å². The van der Waals surface area contributed by atoms with Gasteiger partial charge in [-0.2, -0.15) is 12.6 Å². The predicted octanol–water partition coefficient (Wildman–Crippen LogP) is -3.24. The average Bonchev–Trinajstić information content (AvgIpc) is 3.15. The highest BCUT2D eigenvalue weighted by atomic mass is 32.1. The molecule has 0 saturated carbocycles. The van der Waals surface area contributed by atoms with E-state index in [0.29, 0.717) is 5.69 Å². The third-order valence-corrected chi connectivity index (χ3v) is 4.02. The molecule has 0 saturated heterocycles. The summed E-state index contributed by atoms with van der Waals surface area (Å²) in [5, 5.41) is 25.3. The van der Waals surface area contributed by atoms with Crippen molar-refractivity contribution in [1.82, 2.24) is 25.9 Å². The van der Waals surface area contributed by atoms with Crippen LogP contribution in [-0.2, 0) is 25.6 Å². The number of carbonyl (C=O) groups excluding carboxylic acids is 3. The second kappa shape index (κ2) is 11.3. The lowest BCUT2D eigenvalue weighted by Crippen LogP contribution is -2.59. The zero-order valence-electron chi connectivity index (χ0n) is 15.1. The number of hydrogen-bond acceptors (Lipinski definition) is 8. The van der Waals surface area contributed by atoms with Crippen molar-refractivity contribution in [3.8, 4) is 0 Å². The van der Waals surface area contributed by atoms with Crippen molar-refractivity contribution in [2.24, 2.45) is 5.73 Å². The van der Waals surface area contributed by atoms with Gasteiger partial charge in [0.25, 0.3) is 0 Å². The Kier molecular flexibility index (Phi) is 9.41. The zero-order valence-corrected chi connectivity index (χ0v) is 16.0. The lowest BCUT2D eigenvalue weighted by molar-refractivity contribution is -0.139. The van der Waals surface area contributed by atoms with Crippen molar-refractivity contribution >= 4 is 36.3 Å². The fraction of sp³-hybridized carbons (Fsp3) is 0.533. The van der Waals surface area contributed by atoms with E-state index in [9.17, 15) is 24.3 Å². The summed E-state index contributed by atoms with van der Waals surface area (Å²) in [5.41, 5.74) is 6.14. The summed E-state index contributed by atoms with van der Waals surface area (Å²) in [4.78, 5) is 54.0. The first-order valence-electron chi connectivity index (χ1n) is 8.27. The monoisotopic (exact) mass is 416 g/mol. The number of imidazole rings is 1. The van der Waals surface area contributed by atoms with Gasteiger partial charge in [-0.05, 0) is 6.92 Å². The fourth-order valence-electron chi connectivity index (χ4n) is 2.12. The highest BCUT2D eigenvalue weighted by Gasteiger charge is 2.31. The topological polar surface area (TPSA) is 200 Å². The number of thiol groups is 1. The summed E-state index contributed by atoms with van der Waals surface area (Å²) in [6.45, 7) is 0.577. The fourth-order valence-corrected chi connectivity index (χ4v) is 2.28. The molecular formula is C15H24N6O6S. The molecule has 0 aliphatic carbocycles. The molecule has 0 bridgehead atoms. The molecule has 0 aliphatic rings. The number of H-pyrrole nitrogens is 1. The smallest absolute Gasteiger partial charge is 0.322 e. The van der Waals surface area contributed by atoms with Gasteiger partial charge in [0.05, 0.1) is 18.5 Å². The van der Waals surface area contributed by atoms with E-state index in [1.807, 2.05) is 0 Å². The molecule has 4 atom stereocenters. The van der Waals surface area contributed by atoms with Gasteiger partial charge in [0.2, 0.25) is 17.7 Å². The first kappa shape index (κ1) is 23.4. The van der Waals surface area contributed by atoms with Crippen LogP contribution >= 0.6 is 12.6 Å². The maximum absolute atomic E-state index is 12.6. The van der Waals surface area contributed by atoms with Gasteiger partial charge in [-0.15, -0.1) is 0 Å². The van der Waals surface area contributed by atoms with Crippen LogP contribution in [0.25, 0.3) is 0 Å². The highest BCUT2D eigenvalue weighted by molar-refractivity contribution is 7.80. The number of amides is 3. The van der Waals surface area contributed by atoms with Crippen molar-refractivity contribution in [3.05, 3.63) is 18.2 Å². The number of carboxylic acids is 1. The number of nitrogens with one attached hydrogen (secondary N) is 4. The molecule has 0 radical (unpaired) electrons. The number of nitrogens with zero attached hydrogens (tertiary/aromatic N) is 1. The molecule has 1 heterocycles. The van der Waals surface area contributed by atoms with Gasteiger partial charge < -0.3 is 36.9 Å². The summed E-state index contributed by atoms with van der Waals surface area (Å²) in [7, 11) is 0. The number of aliphatic carboxylic acids is 1. The zero-order chi connectivity index (χ0) is 21.3. The highest BCUT2D eigenvalue weighted by Crippen LogP contribution is 2.02. The van der Waals surface area contributed by atoms with Crippen LogP contribution in [-0.4, -0.2) is 80.4 Å². The number of aromatic nitrogens is 2. The van der Waals surface area contributed by atoms with Gasteiger partial charge >= 0.3 is 5.97 Å². The molecule has 3 amide bonds. The number of aliphatic hydroxyl groups is 1. The number of carboxylic acid groups (broad SMARTS) is 1. The Balaban J connectivity index is 2.90. The Morgan fingerprint density at radius 1 is 1.25 bits per heavy atom. The van der Waals surface area contributed by atoms with E-state index in [4.69, 9.17) is 10.8 Å². The lowest BCUT2D eigenvalue weighted by Gasteiger charge is -2.25. The number of aliphatic hydroxyl groups excluding tert-OH is 1. The van der Waals surface area contributed by atoms with Crippen molar-refractivity contribution in [2.75, 3.05) is 12.3 Å². The number of carbonyl (C=O) groups is 4. The lowest BCUT2D eigenvalue weighted by atomic mass is 10.1. The summed E-state index contributed by atoms with van der Waals surface area (Å²) >= 11 is 3.93. The van der Waals surface area contributed by atoms with Crippen LogP contribution in [0, 0.1) is 0 Å². The third kappa shape index (κ3) is 7.54. The first-order valence-corrected chi connectivity index (χ1v) is 8.91. The predicted molar refractivity (Wildman–Crippen MR) is 100 cm³/mol. The van der Waals surface area contributed by atoms with Crippen molar-refractivity contribution < 1.29 is 29.4 Å². The minimum Gasteiger partial charge on any atom is -0.480 e. The molecule has 0 aliphatic heterocycles. The minimum atomic E-state index is -1.42. The molecule has 12 nitrogen and oxygen atoms in total. The SMILES string of the molecule is CC(O)C(NC(=O)C(Cc1cnc[nH]1)NC(=O)C(N)CS)C(=O)NCC(=O)O. The van der Waals surface area contributed by atoms with Gasteiger partial charge in [0.1, 0.15) is 18.6 Å². The molecule has 1 aromatic rings. The molecule has 1 rings (SSSR count). The average molecular weight is 416 g/mol. The van der Waals surface area contributed by atoms with Crippen molar-refractivity contribution in [1.29, 1.82) is 0 Å².